The van der Waals surface area contributed by atoms with Gasteiger partial charge in [-0.1, -0.05) is 53.6 Å². The number of piperazine rings is 1. The van der Waals surface area contributed by atoms with E-state index in [2.05, 4.69) is 34.6 Å². The Balaban J connectivity index is 1.28. The highest BCUT2D eigenvalue weighted by Crippen LogP contribution is 2.33. The predicted octanol–water partition coefficient (Wildman–Crippen LogP) is 5.68. The molecule has 3 heterocycles. The largest absolute Gasteiger partial charge is 0.368 e. The number of anilines is 1. The standard InChI is InChI=1S/C25H31Cl2N3O/c1-19-21-10-11-24(31)30(19)13-3-2-6-20(18-21)7-5-12-28-14-16-29(17-15-28)23-9-4-8-22(26)25(23)27/h4,6,8-9,18H,1-3,5,7,10-17H2/b20-6-,21-18-. The van der Waals surface area contributed by atoms with Crippen molar-refractivity contribution in [2.45, 2.75) is 38.5 Å². The van der Waals surface area contributed by atoms with Crippen molar-refractivity contribution in [2.24, 2.45) is 0 Å². The highest BCUT2D eigenvalue weighted by atomic mass is 35.5. The number of hydrogen-bond acceptors (Lipinski definition) is 3. The Labute approximate surface area is 195 Å². The Morgan fingerprint density at radius 1 is 1.03 bits per heavy atom. The lowest BCUT2D eigenvalue weighted by atomic mass is 9.97. The van der Waals surface area contributed by atoms with Gasteiger partial charge in [0.1, 0.15) is 0 Å². The summed E-state index contributed by atoms with van der Waals surface area (Å²) in [6, 6.07) is 5.85. The van der Waals surface area contributed by atoms with E-state index in [9.17, 15) is 4.79 Å². The van der Waals surface area contributed by atoms with Crippen LogP contribution < -0.4 is 4.90 Å². The Morgan fingerprint density at radius 2 is 1.84 bits per heavy atom. The summed E-state index contributed by atoms with van der Waals surface area (Å²) >= 11 is 12.6. The number of piperidine rings is 1. The van der Waals surface area contributed by atoms with Crippen LogP contribution in [0.4, 0.5) is 5.69 Å². The highest BCUT2D eigenvalue weighted by Gasteiger charge is 2.25. The van der Waals surface area contributed by atoms with E-state index in [1.165, 1.54) is 11.1 Å². The van der Waals surface area contributed by atoms with Gasteiger partial charge in [0.25, 0.3) is 0 Å². The van der Waals surface area contributed by atoms with Gasteiger partial charge >= 0.3 is 0 Å². The van der Waals surface area contributed by atoms with Crippen LogP contribution in [-0.4, -0.2) is 55.0 Å². The molecule has 2 saturated heterocycles. The number of benzene rings is 1. The van der Waals surface area contributed by atoms with E-state index in [1.807, 2.05) is 17.0 Å². The molecule has 6 heteroatoms. The predicted molar refractivity (Wildman–Crippen MR) is 130 cm³/mol. The van der Waals surface area contributed by atoms with E-state index in [1.54, 1.807) is 0 Å². The molecule has 0 saturated carbocycles. The van der Waals surface area contributed by atoms with E-state index in [-0.39, 0.29) is 5.91 Å². The molecule has 1 aromatic rings. The van der Waals surface area contributed by atoms with Crippen molar-refractivity contribution in [2.75, 3.05) is 44.2 Å². The van der Waals surface area contributed by atoms with Crippen molar-refractivity contribution < 1.29 is 4.79 Å². The Bertz CT molecular complexity index is 900. The van der Waals surface area contributed by atoms with Crippen LogP contribution in [0.2, 0.25) is 10.0 Å². The minimum absolute atomic E-state index is 0.226. The number of allylic oxidation sites excluding steroid dienone is 4. The summed E-state index contributed by atoms with van der Waals surface area (Å²) in [5, 5.41) is 1.27. The maximum Gasteiger partial charge on any atom is 0.227 e. The van der Waals surface area contributed by atoms with Crippen LogP contribution in [0.25, 0.3) is 0 Å². The van der Waals surface area contributed by atoms with Crippen molar-refractivity contribution in [3.8, 4) is 0 Å². The number of halogens is 2. The molecule has 2 fully saturated rings. The van der Waals surface area contributed by atoms with E-state index in [0.29, 0.717) is 16.5 Å². The molecular weight excluding hydrogens is 429 g/mol. The van der Waals surface area contributed by atoms with Gasteiger partial charge in [-0.15, -0.1) is 0 Å². The van der Waals surface area contributed by atoms with Gasteiger partial charge in [0.2, 0.25) is 5.91 Å². The fraction of sp³-hybridized carbons (Fsp3) is 0.480. The quantitative estimate of drug-likeness (QED) is 0.566. The van der Waals surface area contributed by atoms with Gasteiger partial charge < -0.3 is 9.80 Å². The van der Waals surface area contributed by atoms with Gasteiger partial charge in [0.05, 0.1) is 15.7 Å². The summed E-state index contributed by atoms with van der Waals surface area (Å²) in [7, 11) is 0. The van der Waals surface area contributed by atoms with Crippen LogP contribution >= 0.6 is 23.2 Å². The number of hydrogen-bond donors (Lipinski definition) is 0. The molecule has 0 unspecified atom stereocenters. The fourth-order valence-corrected chi connectivity index (χ4v) is 5.12. The molecule has 1 aromatic carbocycles. The molecule has 3 aliphatic rings. The molecule has 3 aliphatic heterocycles. The molecule has 0 N–H and O–H groups in total. The summed E-state index contributed by atoms with van der Waals surface area (Å²) in [5.74, 6) is 0.226. The zero-order valence-corrected chi connectivity index (χ0v) is 19.6. The van der Waals surface area contributed by atoms with Gasteiger partial charge in [-0.3, -0.25) is 9.69 Å². The molecule has 4 nitrogen and oxygen atoms in total. The van der Waals surface area contributed by atoms with Gasteiger partial charge in [-0.2, -0.15) is 0 Å². The normalized spacial score (nSPS) is 24.1. The van der Waals surface area contributed by atoms with E-state index in [4.69, 9.17) is 23.2 Å². The highest BCUT2D eigenvalue weighted by molar-refractivity contribution is 6.43. The molecule has 0 spiro atoms. The topological polar surface area (TPSA) is 26.8 Å². The molecule has 0 atom stereocenters. The second kappa shape index (κ2) is 10.2. The summed E-state index contributed by atoms with van der Waals surface area (Å²) < 4.78 is 0. The zero-order chi connectivity index (χ0) is 21.8. The first-order valence-electron chi connectivity index (χ1n) is 11.3. The van der Waals surface area contributed by atoms with Gasteiger partial charge in [0.15, 0.2) is 0 Å². The number of carbonyl (C=O) groups excluding carboxylic acids is 1. The maximum absolute atomic E-state index is 12.2. The number of nitrogens with zero attached hydrogens (tertiary/aromatic N) is 3. The minimum Gasteiger partial charge on any atom is -0.368 e. The molecule has 0 radical (unpaired) electrons. The molecule has 2 bridgehead atoms. The molecule has 0 aromatic heterocycles. The third-order valence-electron chi connectivity index (χ3n) is 6.54. The van der Waals surface area contributed by atoms with Gasteiger partial charge in [-0.25, -0.2) is 0 Å². The summed E-state index contributed by atoms with van der Waals surface area (Å²) in [6.07, 6.45) is 10.3. The molecule has 4 rings (SSSR count). The van der Waals surface area contributed by atoms with E-state index >= 15 is 0 Å². The van der Waals surface area contributed by atoms with Crippen LogP contribution in [0.1, 0.15) is 38.5 Å². The first-order chi connectivity index (χ1) is 15.0. The van der Waals surface area contributed by atoms with Crippen LogP contribution in [0.15, 0.2) is 53.8 Å². The SMILES string of the molecule is C=C1/C2=C\C(CCCN3CCN(c4cccc(Cl)c4Cl)CC3)=C/CCCN1C(=O)CC2. The lowest BCUT2D eigenvalue weighted by Crippen LogP contribution is -2.46. The van der Waals surface area contributed by atoms with E-state index < -0.39 is 0 Å². The third kappa shape index (κ3) is 5.36. The van der Waals surface area contributed by atoms with Crippen molar-refractivity contribution in [1.29, 1.82) is 0 Å². The van der Waals surface area contributed by atoms with E-state index in [0.717, 1.165) is 82.8 Å². The minimum atomic E-state index is 0.226. The van der Waals surface area contributed by atoms with Crippen molar-refractivity contribution in [3.05, 3.63) is 63.8 Å². The zero-order valence-electron chi connectivity index (χ0n) is 18.1. The first kappa shape index (κ1) is 22.4. The monoisotopic (exact) mass is 459 g/mol. The number of carbonyl (C=O) groups is 1. The molecule has 31 heavy (non-hydrogen) atoms. The first-order valence-corrected chi connectivity index (χ1v) is 12.1. The smallest absolute Gasteiger partial charge is 0.227 e. The van der Waals surface area contributed by atoms with Crippen molar-refractivity contribution >= 4 is 34.8 Å². The molecule has 0 aliphatic carbocycles. The van der Waals surface area contributed by atoms with Crippen LogP contribution in [0, 0.1) is 0 Å². The van der Waals surface area contributed by atoms with Crippen LogP contribution in [0.5, 0.6) is 0 Å². The molecule has 166 valence electrons. The van der Waals surface area contributed by atoms with Crippen molar-refractivity contribution in [1.82, 2.24) is 9.80 Å². The second-order valence-electron chi connectivity index (χ2n) is 8.59. The number of rotatable bonds is 5. The van der Waals surface area contributed by atoms with Crippen LogP contribution in [0.3, 0.4) is 0 Å². The summed E-state index contributed by atoms with van der Waals surface area (Å²) in [4.78, 5) is 18.9. The lowest BCUT2D eigenvalue weighted by molar-refractivity contribution is -0.130. The summed E-state index contributed by atoms with van der Waals surface area (Å²) in [6.45, 7) is 10.1. The average molecular weight is 460 g/mol. The average Bonchev–Trinajstić information content (AvgIpc) is 2.81. The lowest BCUT2D eigenvalue weighted by Gasteiger charge is -2.36. The third-order valence-corrected chi connectivity index (χ3v) is 7.35. The summed E-state index contributed by atoms with van der Waals surface area (Å²) in [5.41, 5.74) is 4.59. The molecule has 1 amide bonds. The second-order valence-corrected chi connectivity index (χ2v) is 9.37. The Hall–Kier alpha value is -1.75. The van der Waals surface area contributed by atoms with Gasteiger partial charge in [0, 0.05) is 44.8 Å². The Kier molecular flexibility index (Phi) is 7.42. The maximum atomic E-state index is 12.2. The van der Waals surface area contributed by atoms with Crippen molar-refractivity contribution in [3.63, 3.8) is 0 Å². The Morgan fingerprint density at radius 3 is 2.65 bits per heavy atom. The number of fused-ring (bicyclic) bond motifs is 2. The van der Waals surface area contributed by atoms with Crippen LogP contribution in [-0.2, 0) is 4.79 Å². The number of amides is 1. The van der Waals surface area contributed by atoms with Gasteiger partial charge in [-0.05, 0) is 56.4 Å². The fourth-order valence-electron chi connectivity index (χ4n) is 4.71. The molecular formula is C25H31Cl2N3O.